The summed E-state index contributed by atoms with van der Waals surface area (Å²) in [5.74, 6) is 0. The molecule has 0 aliphatic carbocycles. The summed E-state index contributed by atoms with van der Waals surface area (Å²) in [6.45, 7) is 7.30. The van der Waals surface area contributed by atoms with Crippen LogP contribution in [0.4, 0.5) is 11.4 Å². The Balaban J connectivity index is 1.89. The summed E-state index contributed by atoms with van der Waals surface area (Å²) >= 11 is 0. The van der Waals surface area contributed by atoms with Gasteiger partial charge in [0.05, 0.1) is 22.9 Å². The highest BCUT2D eigenvalue weighted by Crippen LogP contribution is 2.28. The fraction of sp³-hybridized carbons (Fsp3) is 0.588. The second-order valence-corrected chi connectivity index (χ2v) is 6.24. The molecule has 0 unspecified atom stereocenters. The zero-order valence-electron chi connectivity index (χ0n) is 12.7. The van der Waals surface area contributed by atoms with Crippen molar-refractivity contribution in [3.05, 3.63) is 24.3 Å². The SMILES string of the molecule is CC(C)(C#N)CCCCN1CCCNc2ccccc21. The summed E-state index contributed by atoms with van der Waals surface area (Å²) in [4.78, 5) is 2.48. The van der Waals surface area contributed by atoms with E-state index in [1.807, 2.05) is 13.8 Å². The minimum Gasteiger partial charge on any atom is -0.383 e. The number of benzene rings is 1. The zero-order chi connectivity index (χ0) is 14.4. The molecule has 1 aliphatic heterocycles. The van der Waals surface area contributed by atoms with E-state index in [0.717, 1.165) is 38.9 Å². The summed E-state index contributed by atoms with van der Waals surface area (Å²) < 4.78 is 0. The summed E-state index contributed by atoms with van der Waals surface area (Å²) in [5, 5.41) is 12.5. The van der Waals surface area contributed by atoms with Crippen molar-refractivity contribution in [2.75, 3.05) is 29.9 Å². The van der Waals surface area contributed by atoms with Crippen molar-refractivity contribution in [1.82, 2.24) is 0 Å². The molecule has 1 N–H and O–H groups in total. The Hall–Kier alpha value is -1.69. The number of nitriles is 1. The molecule has 3 heteroatoms. The van der Waals surface area contributed by atoms with Crippen molar-refractivity contribution in [3.8, 4) is 6.07 Å². The highest BCUT2D eigenvalue weighted by molar-refractivity contribution is 5.70. The first kappa shape index (κ1) is 14.7. The van der Waals surface area contributed by atoms with Crippen molar-refractivity contribution < 1.29 is 0 Å². The average molecular weight is 271 g/mol. The smallest absolute Gasteiger partial charge is 0.0683 e. The van der Waals surface area contributed by atoms with Crippen LogP contribution in [0.3, 0.4) is 0 Å². The third-order valence-corrected chi connectivity index (χ3v) is 3.95. The van der Waals surface area contributed by atoms with Gasteiger partial charge in [-0.05, 0) is 45.2 Å². The van der Waals surface area contributed by atoms with Gasteiger partial charge in [-0.15, -0.1) is 0 Å². The average Bonchev–Trinajstić information content (AvgIpc) is 2.66. The molecule has 0 atom stereocenters. The van der Waals surface area contributed by atoms with Crippen LogP contribution in [0, 0.1) is 16.7 Å². The molecule has 1 aliphatic rings. The van der Waals surface area contributed by atoms with Crippen molar-refractivity contribution in [2.24, 2.45) is 5.41 Å². The standard InChI is InChI=1S/C17H25N3/c1-17(2,14-18)10-5-6-12-20-13-7-11-19-15-8-3-4-9-16(15)20/h3-4,8-9,19H,5-7,10-13H2,1-2H3. The molecule has 0 spiro atoms. The lowest BCUT2D eigenvalue weighted by Crippen LogP contribution is -2.25. The number of rotatable bonds is 5. The maximum absolute atomic E-state index is 9.04. The molecule has 0 aromatic heterocycles. The van der Waals surface area contributed by atoms with Gasteiger partial charge in [0, 0.05) is 19.6 Å². The van der Waals surface area contributed by atoms with Gasteiger partial charge in [0.15, 0.2) is 0 Å². The molecule has 1 heterocycles. The van der Waals surface area contributed by atoms with Crippen molar-refractivity contribution >= 4 is 11.4 Å². The third-order valence-electron chi connectivity index (χ3n) is 3.95. The number of hydrogen-bond acceptors (Lipinski definition) is 3. The van der Waals surface area contributed by atoms with Gasteiger partial charge in [0.2, 0.25) is 0 Å². The monoisotopic (exact) mass is 271 g/mol. The molecule has 0 fully saturated rings. The number of hydrogen-bond donors (Lipinski definition) is 1. The van der Waals surface area contributed by atoms with Crippen LogP contribution < -0.4 is 10.2 Å². The van der Waals surface area contributed by atoms with E-state index in [1.54, 1.807) is 0 Å². The molecule has 0 saturated heterocycles. The molecular formula is C17H25N3. The van der Waals surface area contributed by atoms with E-state index in [2.05, 4.69) is 40.6 Å². The predicted octanol–water partition coefficient (Wildman–Crippen LogP) is 4.03. The van der Waals surface area contributed by atoms with E-state index in [0.29, 0.717) is 0 Å². The van der Waals surface area contributed by atoms with E-state index in [9.17, 15) is 0 Å². The van der Waals surface area contributed by atoms with Crippen LogP contribution in [-0.4, -0.2) is 19.6 Å². The predicted molar refractivity (Wildman–Crippen MR) is 85.0 cm³/mol. The quantitative estimate of drug-likeness (QED) is 0.822. The number of anilines is 2. The molecular weight excluding hydrogens is 246 g/mol. The molecule has 0 bridgehead atoms. The van der Waals surface area contributed by atoms with E-state index >= 15 is 0 Å². The molecule has 2 rings (SSSR count). The number of nitrogens with zero attached hydrogens (tertiary/aromatic N) is 2. The van der Waals surface area contributed by atoms with E-state index in [4.69, 9.17) is 5.26 Å². The second-order valence-electron chi connectivity index (χ2n) is 6.24. The molecule has 1 aromatic carbocycles. The van der Waals surface area contributed by atoms with Gasteiger partial charge >= 0.3 is 0 Å². The molecule has 3 nitrogen and oxygen atoms in total. The van der Waals surface area contributed by atoms with Crippen LogP contribution in [0.2, 0.25) is 0 Å². The van der Waals surface area contributed by atoms with Gasteiger partial charge in [-0.3, -0.25) is 0 Å². The lowest BCUT2D eigenvalue weighted by molar-refractivity contribution is 0.426. The normalized spacial score (nSPS) is 14.9. The summed E-state index contributed by atoms with van der Waals surface area (Å²) in [7, 11) is 0. The van der Waals surface area contributed by atoms with E-state index < -0.39 is 0 Å². The van der Waals surface area contributed by atoms with Crippen LogP contribution in [0.25, 0.3) is 0 Å². The van der Waals surface area contributed by atoms with Gasteiger partial charge in [-0.25, -0.2) is 0 Å². The Morgan fingerprint density at radius 3 is 2.90 bits per heavy atom. The molecule has 0 radical (unpaired) electrons. The molecule has 1 aromatic rings. The first-order valence-corrected chi connectivity index (χ1v) is 7.61. The Bertz CT molecular complexity index is 473. The van der Waals surface area contributed by atoms with Crippen LogP contribution in [0.5, 0.6) is 0 Å². The van der Waals surface area contributed by atoms with E-state index in [-0.39, 0.29) is 5.41 Å². The van der Waals surface area contributed by atoms with Gasteiger partial charge in [0.25, 0.3) is 0 Å². The van der Waals surface area contributed by atoms with Gasteiger partial charge < -0.3 is 10.2 Å². The minimum absolute atomic E-state index is 0.182. The Labute approximate surface area is 122 Å². The second kappa shape index (κ2) is 6.65. The van der Waals surface area contributed by atoms with Crippen LogP contribution >= 0.6 is 0 Å². The van der Waals surface area contributed by atoms with Crippen LogP contribution in [0.15, 0.2) is 24.3 Å². The fourth-order valence-corrected chi connectivity index (χ4v) is 2.67. The summed E-state index contributed by atoms with van der Waals surface area (Å²) in [5.41, 5.74) is 2.39. The summed E-state index contributed by atoms with van der Waals surface area (Å²) in [6.07, 6.45) is 4.43. The van der Waals surface area contributed by atoms with Gasteiger partial charge in [-0.1, -0.05) is 18.6 Å². The van der Waals surface area contributed by atoms with Gasteiger partial charge in [0.1, 0.15) is 0 Å². The molecule has 0 saturated carbocycles. The number of nitrogens with one attached hydrogen (secondary N) is 1. The first-order chi connectivity index (χ1) is 9.62. The summed E-state index contributed by atoms with van der Waals surface area (Å²) in [6, 6.07) is 10.9. The molecule has 108 valence electrons. The Morgan fingerprint density at radius 2 is 2.10 bits per heavy atom. The highest BCUT2D eigenvalue weighted by Gasteiger charge is 2.17. The lowest BCUT2D eigenvalue weighted by Gasteiger charge is -2.25. The van der Waals surface area contributed by atoms with Crippen LogP contribution in [-0.2, 0) is 0 Å². The van der Waals surface area contributed by atoms with Crippen molar-refractivity contribution in [2.45, 2.75) is 39.5 Å². The molecule has 20 heavy (non-hydrogen) atoms. The molecule has 0 amide bonds. The Kier molecular flexibility index (Phi) is 4.89. The lowest BCUT2D eigenvalue weighted by atomic mass is 9.89. The third kappa shape index (κ3) is 3.90. The van der Waals surface area contributed by atoms with Crippen molar-refractivity contribution in [1.29, 1.82) is 5.26 Å². The van der Waals surface area contributed by atoms with Crippen LogP contribution in [0.1, 0.15) is 39.5 Å². The number of fused-ring (bicyclic) bond motifs is 1. The van der Waals surface area contributed by atoms with Crippen molar-refractivity contribution in [3.63, 3.8) is 0 Å². The first-order valence-electron chi connectivity index (χ1n) is 7.61. The Morgan fingerprint density at radius 1 is 1.30 bits per heavy atom. The maximum atomic E-state index is 9.04. The zero-order valence-corrected chi connectivity index (χ0v) is 12.7. The highest BCUT2D eigenvalue weighted by atomic mass is 15.2. The fourth-order valence-electron chi connectivity index (χ4n) is 2.67. The number of unbranched alkanes of at least 4 members (excludes halogenated alkanes) is 1. The largest absolute Gasteiger partial charge is 0.383 e. The number of para-hydroxylation sites is 2. The minimum atomic E-state index is -0.182. The van der Waals surface area contributed by atoms with Gasteiger partial charge in [-0.2, -0.15) is 5.26 Å². The topological polar surface area (TPSA) is 39.1 Å². The van der Waals surface area contributed by atoms with E-state index in [1.165, 1.54) is 17.8 Å². The maximum Gasteiger partial charge on any atom is 0.0683 e.